The Labute approximate surface area is 273 Å². The molecular formula is C37H50N4O5. The maximum absolute atomic E-state index is 14.4. The Morgan fingerprint density at radius 2 is 1.80 bits per heavy atom. The normalized spacial score (nSPS) is 22.1. The van der Waals surface area contributed by atoms with Crippen LogP contribution in [0.3, 0.4) is 0 Å². The van der Waals surface area contributed by atoms with Crippen LogP contribution in [0.15, 0.2) is 60.7 Å². The predicted molar refractivity (Wildman–Crippen MR) is 184 cm³/mol. The number of rotatable bonds is 8. The summed E-state index contributed by atoms with van der Waals surface area (Å²) in [7, 11) is 2.15. The highest BCUT2D eigenvalue weighted by Crippen LogP contribution is 2.31. The smallest absolute Gasteiger partial charge is 0.323 e. The summed E-state index contributed by atoms with van der Waals surface area (Å²) < 4.78 is 12.8. The fourth-order valence-corrected chi connectivity index (χ4v) is 6.20. The molecular weight excluding hydrogens is 580 g/mol. The number of urea groups is 1. The molecule has 3 aromatic rings. The van der Waals surface area contributed by atoms with E-state index in [4.69, 9.17) is 9.47 Å². The Balaban J connectivity index is 1.39. The first-order valence-electron chi connectivity index (χ1n) is 16.8. The molecule has 46 heavy (non-hydrogen) atoms. The Kier molecular flexibility index (Phi) is 11.5. The summed E-state index contributed by atoms with van der Waals surface area (Å²) in [4.78, 5) is 31.6. The van der Waals surface area contributed by atoms with Crippen molar-refractivity contribution in [2.45, 2.75) is 71.1 Å². The van der Waals surface area contributed by atoms with Crippen LogP contribution >= 0.6 is 0 Å². The summed E-state index contributed by atoms with van der Waals surface area (Å²) in [6.45, 7) is 8.75. The van der Waals surface area contributed by atoms with E-state index < -0.39 is 12.1 Å². The molecule has 0 aromatic heterocycles. The molecule has 248 valence electrons. The van der Waals surface area contributed by atoms with E-state index in [0.717, 1.165) is 49.0 Å². The molecule has 1 aliphatic heterocycles. The van der Waals surface area contributed by atoms with Crippen molar-refractivity contribution in [2.24, 2.45) is 11.8 Å². The van der Waals surface area contributed by atoms with Gasteiger partial charge in [-0.05, 0) is 88.6 Å². The number of aliphatic hydroxyl groups excluding tert-OH is 1. The number of carbonyl (C=O) groups is 2. The molecule has 3 N–H and O–H groups in total. The van der Waals surface area contributed by atoms with Crippen molar-refractivity contribution in [1.82, 2.24) is 9.80 Å². The average Bonchev–Trinajstić information content (AvgIpc) is 3.86. The molecule has 3 amide bonds. The number of likely N-dealkylation sites (N-methyl/N-ethyl adjacent to an activating group) is 1. The van der Waals surface area contributed by atoms with Crippen molar-refractivity contribution in [3.05, 3.63) is 66.2 Å². The Morgan fingerprint density at radius 1 is 1.02 bits per heavy atom. The van der Waals surface area contributed by atoms with Crippen molar-refractivity contribution in [3.63, 3.8) is 0 Å². The topological polar surface area (TPSA) is 103 Å². The third kappa shape index (κ3) is 8.99. The van der Waals surface area contributed by atoms with Crippen LogP contribution in [0.25, 0.3) is 10.8 Å². The summed E-state index contributed by atoms with van der Waals surface area (Å²) in [5, 5.41) is 18.0. The van der Waals surface area contributed by atoms with Crippen LogP contribution in [-0.2, 0) is 4.74 Å². The van der Waals surface area contributed by atoms with Crippen LogP contribution in [0.2, 0.25) is 0 Å². The molecule has 2 aliphatic rings. The molecule has 1 aliphatic carbocycles. The Bertz CT molecular complexity index is 1470. The number of amides is 3. The number of fused-ring (bicyclic) bond motifs is 2. The van der Waals surface area contributed by atoms with Gasteiger partial charge in [-0.3, -0.25) is 4.79 Å². The summed E-state index contributed by atoms with van der Waals surface area (Å²) >= 11 is 0. The summed E-state index contributed by atoms with van der Waals surface area (Å²) in [6.07, 6.45) is 5.12. The van der Waals surface area contributed by atoms with E-state index in [9.17, 15) is 14.7 Å². The predicted octanol–water partition coefficient (Wildman–Crippen LogP) is 6.62. The quantitative estimate of drug-likeness (QED) is 0.259. The van der Waals surface area contributed by atoms with Crippen molar-refractivity contribution in [3.8, 4) is 5.75 Å². The molecule has 9 heteroatoms. The van der Waals surface area contributed by atoms with Crippen LogP contribution in [0.5, 0.6) is 5.75 Å². The van der Waals surface area contributed by atoms with E-state index in [1.54, 1.807) is 23.1 Å². The van der Waals surface area contributed by atoms with Gasteiger partial charge >= 0.3 is 6.03 Å². The lowest BCUT2D eigenvalue weighted by Crippen LogP contribution is -2.47. The third-order valence-corrected chi connectivity index (χ3v) is 9.11. The number of carbonyl (C=O) groups excluding carboxylic acids is 2. The van der Waals surface area contributed by atoms with Gasteiger partial charge in [-0.2, -0.15) is 0 Å². The van der Waals surface area contributed by atoms with Gasteiger partial charge in [-0.15, -0.1) is 0 Å². The van der Waals surface area contributed by atoms with E-state index in [1.807, 2.05) is 56.3 Å². The fraction of sp³-hybridized carbons (Fsp3) is 0.514. The van der Waals surface area contributed by atoms with Gasteiger partial charge in [0.05, 0.1) is 36.1 Å². The number of aliphatic hydroxyl groups is 1. The minimum absolute atomic E-state index is 0.0265. The zero-order valence-electron chi connectivity index (χ0n) is 27.7. The fourth-order valence-electron chi connectivity index (χ4n) is 6.20. The van der Waals surface area contributed by atoms with Crippen molar-refractivity contribution < 1.29 is 24.2 Å². The van der Waals surface area contributed by atoms with E-state index in [2.05, 4.69) is 29.5 Å². The first-order chi connectivity index (χ1) is 22.2. The second kappa shape index (κ2) is 15.8. The maximum Gasteiger partial charge on any atom is 0.323 e. The van der Waals surface area contributed by atoms with E-state index in [0.29, 0.717) is 35.8 Å². The minimum atomic E-state index is -0.427. The van der Waals surface area contributed by atoms with Crippen LogP contribution in [0.4, 0.5) is 16.2 Å². The molecule has 1 fully saturated rings. The largest absolute Gasteiger partial charge is 0.490 e. The van der Waals surface area contributed by atoms with Crippen molar-refractivity contribution in [2.75, 3.05) is 50.5 Å². The molecule has 1 saturated carbocycles. The highest BCUT2D eigenvalue weighted by molar-refractivity contribution is 6.07. The molecule has 0 bridgehead atoms. The van der Waals surface area contributed by atoms with Crippen LogP contribution in [-0.4, -0.2) is 85.0 Å². The third-order valence-electron chi connectivity index (χ3n) is 9.11. The first kappa shape index (κ1) is 33.7. The molecule has 0 unspecified atom stereocenters. The maximum atomic E-state index is 14.4. The van der Waals surface area contributed by atoms with Crippen molar-refractivity contribution in [1.29, 1.82) is 0 Å². The number of hydrogen-bond donors (Lipinski definition) is 3. The number of ether oxygens (including phenoxy) is 2. The highest BCUT2D eigenvalue weighted by atomic mass is 16.5. The highest BCUT2D eigenvalue weighted by Gasteiger charge is 2.31. The lowest BCUT2D eigenvalue weighted by atomic mass is 10.0. The zero-order valence-corrected chi connectivity index (χ0v) is 27.7. The van der Waals surface area contributed by atoms with E-state index in [1.165, 1.54) is 12.8 Å². The van der Waals surface area contributed by atoms with Crippen LogP contribution in [0, 0.1) is 11.8 Å². The lowest BCUT2D eigenvalue weighted by molar-refractivity contribution is -0.0172. The molecule has 0 saturated heterocycles. The molecule has 4 atom stereocenters. The minimum Gasteiger partial charge on any atom is -0.490 e. The van der Waals surface area contributed by atoms with Gasteiger partial charge < -0.3 is 35.0 Å². The second-order valence-electron chi connectivity index (χ2n) is 13.3. The van der Waals surface area contributed by atoms with E-state index in [-0.39, 0.29) is 30.6 Å². The first-order valence-corrected chi connectivity index (χ1v) is 16.8. The van der Waals surface area contributed by atoms with Gasteiger partial charge in [0.15, 0.2) is 0 Å². The van der Waals surface area contributed by atoms with Crippen LogP contribution in [0.1, 0.15) is 63.2 Å². The average molecular weight is 631 g/mol. The van der Waals surface area contributed by atoms with Crippen molar-refractivity contribution >= 4 is 34.1 Å². The molecule has 1 heterocycles. The molecule has 5 rings (SSSR count). The van der Waals surface area contributed by atoms with Gasteiger partial charge in [0.2, 0.25) is 0 Å². The second-order valence-corrected chi connectivity index (χ2v) is 13.3. The SMILES string of the molecule is C[C@@H]1CCCCO[C@@H](CN(C)CC2CC2)[C@H](C)CN([C@H](C)CO)C(=O)c2cc(NC(=O)Nc3cccc4ccccc34)ccc2O1. The monoisotopic (exact) mass is 630 g/mol. The van der Waals surface area contributed by atoms with Gasteiger partial charge in [0.1, 0.15) is 5.75 Å². The lowest BCUT2D eigenvalue weighted by Gasteiger charge is -2.36. The zero-order chi connectivity index (χ0) is 32.6. The number of nitrogens with zero attached hydrogens (tertiary/aromatic N) is 2. The standard InChI is InChI=1S/C37H50N4O5/c1-25-21-41(26(2)24-42)36(43)32-20-30(38-37(44)39-33-14-9-12-29-11-5-6-13-31(29)33)17-18-34(32)46-27(3)10-7-8-19-45-35(25)23-40(4)22-28-15-16-28/h5-6,9,11-14,17-18,20,25-28,35,42H,7-8,10,15-16,19,21-24H2,1-4H3,(H2,38,39,44)/t25-,26-,27-,35+/m1/s1. The number of nitrogens with one attached hydrogen (secondary N) is 2. The summed E-state index contributed by atoms with van der Waals surface area (Å²) in [5.74, 6) is 1.02. The van der Waals surface area contributed by atoms with Gasteiger partial charge in [-0.25, -0.2) is 4.79 Å². The molecule has 0 spiro atoms. The molecule has 0 radical (unpaired) electrons. The van der Waals surface area contributed by atoms with Crippen LogP contribution < -0.4 is 15.4 Å². The summed E-state index contributed by atoms with van der Waals surface area (Å²) in [5.41, 5.74) is 1.51. The number of hydrogen-bond acceptors (Lipinski definition) is 6. The Morgan fingerprint density at radius 3 is 2.59 bits per heavy atom. The van der Waals surface area contributed by atoms with Gasteiger partial charge in [0, 0.05) is 43.2 Å². The molecule has 3 aromatic carbocycles. The van der Waals surface area contributed by atoms with E-state index >= 15 is 0 Å². The molecule has 9 nitrogen and oxygen atoms in total. The Hall–Kier alpha value is -3.66. The number of benzene rings is 3. The van der Waals surface area contributed by atoms with Gasteiger partial charge in [-0.1, -0.05) is 43.3 Å². The number of anilines is 2. The van der Waals surface area contributed by atoms with Gasteiger partial charge in [0.25, 0.3) is 5.91 Å². The summed E-state index contributed by atoms with van der Waals surface area (Å²) in [6, 6.07) is 18.0.